The van der Waals surface area contributed by atoms with Gasteiger partial charge in [0, 0.05) is 28.6 Å². The number of ether oxygens (including phenoxy) is 2. The second kappa shape index (κ2) is 8.87. The molecule has 4 nitrogen and oxygen atoms in total. The van der Waals surface area contributed by atoms with E-state index >= 15 is 0 Å². The van der Waals surface area contributed by atoms with Gasteiger partial charge < -0.3 is 20.2 Å². The molecule has 0 amide bonds. The minimum Gasteiger partial charge on any atom is -0.496 e. The first-order valence-electron chi connectivity index (χ1n) is 10.4. The zero-order valence-corrected chi connectivity index (χ0v) is 16.9. The SMILES string of the molecule is COc1cccc2c1C[C@H](C(CCN)CCCc1c[nH]c3ccc(F)cc13)CO2. The molecule has 1 aromatic heterocycles. The van der Waals surface area contributed by atoms with E-state index in [0.717, 1.165) is 61.1 Å². The highest BCUT2D eigenvalue weighted by atomic mass is 19.1. The van der Waals surface area contributed by atoms with E-state index in [2.05, 4.69) is 4.98 Å². The molecular weight excluding hydrogens is 367 g/mol. The summed E-state index contributed by atoms with van der Waals surface area (Å²) in [7, 11) is 1.71. The molecule has 1 aliphatic rings. The molecule has 0 saturated heterocycles. The van der Waals surface area contributed by atoms with Crippen molar-refractivity contribution in [2.24, 2.45) is 17.6 Å². The second-order valence-corrected chi connectivity index (χ2v) is 7.95. The van der Waals surface area contributed by atoms with Crippen LogP contribution in [0, 0.1) is 17.7 Å². The Morgan fingerprint density at radius 3 is 3.00 bits per heavy atom. The molecule has 2 atom stereocenters. The zero-order valence-electron chi connectivity index (χ0n) is 16.9. The van der Waals surface area contributed by atoms with Gasteiger partial charge in [0.25, 0.3) is 0 Å². The fourth-order valence-corrected chi connectivity index (χ4v) is 4.64. The van der Waals surface area contributed by atoms with Gasteiger partial charge in [0.2, 0.25) is 0 Å². The van der Waals surface area contributed by atoms with Gasteiger partial charge in [-0.3, -0.25) is 0 Å². The van der Waals surface area contributed by atoms with Crippen LogP contribution in [0.15, 0.2) is 42.6 Å². The van der Waals surface area contributed by atoms with Crippen molar-refractivity contribution in [3.63, 3.8) is 0 Å². The molecule has 3 aromatic rings. The fourth-order valence-electron chi connectivity index (χ4n) is 4.64. The molecule has 0 aliphatic carbocycles. The molecule has 2 aromatic carbocycles. The van der Waals surface area contributed by atoms with Crippen LogP contribution in [0.3, 0.4) is 0 Å². The minimum atomic E-state index is -0.189. The lowest BCUT2D eigenvalue weighted by atomic mass is 9.80. The number of H-pyrrole nitrogens is 1. The topological polar surface area (TPSA) is 60.3 Å². The predicted octanol–water partition coefficient (Wildman–Crippen LogP) is 4.85. The first kappa shape index (κ1) is 19.8. The molecule has 1 unspecified atom stereocenters. The summed E-state index contributed by atoms with van der Waals surface area (Å²) in [5.41, 5.74) is 9.27. The predicted molar refractivity (Wildman–Crippen MR) is 114 cm³/mol. The van der Waals surface area contributed by atoms with Crippen LogP contribution in [0.1, 0.15) is 30.4 Å². The monoisotopic (exact) mass is 396 g/mol. The van der Waals surface area contributed by atoms with Crippen LogP contribution in [0.4, 0.5) is 4.39 Å². The average molecular weight is 397 g/mol. The number of hydrogen-bond donors (Lipinski definition) is 2. The Morgan fingerprint density at radius 1 is 1.28 bits per heavy atom. The Balaban J connectivity index is 1.42. The van der Waals surface area contributed by atoms with Gasteiger partial charge >= 0.3 is 0 Å². The van der Waals surface area contributed by atoms with Crippen LogP contribution in [0.25, 0.3) is 10.9 Å². The summed E-state index contributed by atoms with van der Waals surface area (Å²) in [6, 6.07) is 10.9. The summed E-state index contributed by atoms with van der Waals surface area (Å²) >= 11 is 0. The molecule has 4 rings (SSSR count). The Morgan fingerprint density at radius 2 is 2.17 bits per heavy atom. The molecule has 154 valence electrons. The van der Waals surface area contributed by atoms with Crippen molar-refractivity contribution in [2.75, 3.05) is 20.3 Å². The second-order valence-electron chi connectivity index (χ2n) is 7.95. The first-order chi connectivity index (χ1) is 14.2. The number of aryl methyl sites for hydroxylation is 1. The molecular formula is C24H29FN2O2. The molecule has 0 radical (unpaired) electrons. The highest BCUT2D eigenvalue weighted by Gasteiger charge is 2.28. The van der Waals surface area contributed by atoms with Gasteiger partial charge in [-0.25, -0.2) is 4.39 Å². The third kappa shape index (κ3) is 4.25. The first-order valence-corrected chi connectivity index (χ1v) is 10.4. The summed E-state index contributed by atoms with van der Waals surface area (Å²) in [6.07, 6.45) is 7.01. The third-order valence-corrected chi connectivity index (χ3v) is 6.18. The van der Waals surface area contributed by atoms with Crippen LogP contribution in [0.2, 0.25) is 0 Å². The molecule has 2 heterocycles. The standard InChI is InChI=1S/C24H29FN2O2/c1-28-23-6-3-7-24-21(23)12-18(15-29-24)16(10-11-26)4-2-5-17-14-27-22-9-8-19(25)13-20(17)22/h3,6-9,13-14,16,18,27H,2,4-5,10-12,15,26H2,1H3/t16?,18-/m0/s1. The largest absolute Gasteiger partial charge is 0.496 e. The van der Waals surface area contributed by atoms with Crippen molar-refractivity contribution in [3.05, 3.63) is 59.5 Å². The maximum Gasteiger partial charge on any atom is 0.126 e. The normalized spacial score (nSPS) is 17.0. The maximum atomic E-state index is 13.6. The van der Waals surface area contributed by atoms with E-state index in [1.807, 2.05) is 24.4 Å². The summed E-state index contributed by atoms with van der Waals surface area (Å²) in [5, 5.41) is 0.986. The highest BCUT2D eigenvalue weighted by Crippen LogP contribution is 2.38. The number of fused-ring (bicyclic) bond motifs is 2. The van der Waals surface area contributed by atoms with E-state index in [0.29, 0.717) is 18.4 Å². The lowest BCUT2D eigenvalue weighted by molar-refractivity contribution is 0.155. The van der Waals surface area contributed by atoms with E-state index in [9.17, 15) is 4.39 Å². The Hall–Kier alpha value is -2.53. The smallest absolute Gasteiger partial charge is 0.126 e. The number of hydrogen-bond acceptors (Lipinski definition) is 3. The van der Waals surface area contributed by atoms with Crippen molar-refractivity contribution in [2.45, 2.75) is 32.1 Å². The van der Waals surface area contributed by atoms with E-state index < -0.39 is 0 Å². The van der Waals surface area contributed by atoms with Gasteiger partial charge in [-0.05, 0) is 80.5 Å². The fraction of sp³-hybridized carbons (Fsp3) is 0.417. The number of nitrogens with two attached hydrogens (primary N) is 1. The Labute approximate surface area is 171 Å². The number of aromatic nitrogens is 1. The Bertz CT molecular complexity index is 954. The summed E-state index contributed by atoms with van der Waals surface area (Å²) in [4.78, 5) is 3.25. The number of nitrogens with one attached hydrogen (secondary N) is 1. The minimum absolute atomic E-state index is 0.189. The summed E-state index contributed by atoms with van der Waals surface area (Å²) in [5.74, 6) is 2.58. The maximum absolute atomic E-state index is 13.6. The number of methoxy groups -OCH3 is 1. The molecule has 1 aliphatic heterocycles. The van der Waals surface area contributed by atoms with Gasteiger partial charge in [-0.15, -0.1) is 0 Å². The molecule has 3 N–H and O–H groups in total. The molecule has 29 heavy (non-hydrogen) atoms. The van der Waals surface area contributed by atoms with Gasteiger partial charge in [0.1, 0.15) is 17.3 Å². The Kier molecular flexibility index (Phi) is 6.05. The van der Waals surface area contributed by atoms with Gasteiger partial charge in [-0.2, -0.15) is 0 Å². The average Bonchev–Trinajstić information content (AvgIpc) is 3.14. The number of aromatic amines is 1. The summed E-state index contributed by atoms with van der Waals surface area (Å²) in [6.45, 7) is 1.40. The van der Waals surface area contributed by atoms with Crippen LogP contribution in [0.5, 0.6) is 11.5 Å². The molecule has 5 heteroatoms. The van der Waals surface area contributed by atoms with Crippen molar-refractivity contribution in [1.82, 2.24) is 4.98 Å². The van der Waals surface area contributed by atoms with E-state index in [-0.39, 0.29) is 5.82 Å². The quantitative estimate of drug-likeness (QED) is 0.572. The van der Waals surface area contributed by atoms with Gasteiger partial charge in [0.05, 0.1) is 13.7 Å². The van der Waals surface area contributed by atoms with Gasteiger partial charge in [-0.1, -0.05) is 6.07 Å². The van der Waals surface area contributed by atoms with E-state index in [4.69, 9.17) is 15.2 Å². The van der Waals surface area contributed by atoms with Crippen molar-refractivity contribution in [3.8, 4) is 11.5 Å². The lowest BCUT2D eigenvalue weighted by Crippen LogP contribution is -2.30. The number of halogens is 1. The summed E-state index contributed by atoms with van der Waals surface area (Å²) < 4.78 is 25.2. The third-order valence-electron chi connectivity index (χ3n) is 6.18. The molecule has 0 fully saturated rings. The molecule has 0 saturated carbocycles. The van der Waals surface area contributed by atoms with Crippen molar-refractivity contribution in [1.29, 1.82) is 0 Å². The lowest BCUT2D eigenvalue weighted by Gasteiger charge is -2.32. The number of benzene rings is 2. The van der Waals surface area contributed by atoms with Crippen LogP contribution >= 0.6 is 0 Å². The highest BCUT2D eigenvalue weighted by molar-refractivity contribution is 5.83. The van der Waals surface area contributed by atoms with Crippen molar-refractivity contribution < 1.29 is 13.9 Å². The molecule has 0 bridgehead atoms. The van der Waals surface area contributed by atoms with E-state index in [1.54, 1.807) is 19.2 Å². The van der Waals surface area contributed by atoms with Crippen LogP contribution < -0.4 is 15.2 Å². The van der Waals surface area contributed by atoms with E-state index in [1.165, 1.54) is 17.2 Å². The van der Waals surface area contributed by atoms with Crippen LogP contribution in [-0.2, 0) is 12.8 Å². The van der Waals surface area contributed by atoms with Crippen LogP contribution in [-0.4, -0.2) is 25.2 Å². The molecule has 0 spiro atoms. The van der Waals surface area contributed by atoms with Gasteiger partial charge in [0.15, 0.2) is 0 Å². The zero-order chi connectivity index (χ0) is 20.2. The van der Waals surface area contributed by atoms with Crippen molar-refractivity contribution >= 4 is 10.9 Å². The number of rotatable bonds is 8.